The number of carbonyl (C=O) groups is 1. The summed E-state index contributed by atoms with van der Waals surface area (Å²) in [4.78, 5) is 23.1. The smallest absolute Gasteiger partial charge is 0.274 e. The number of piperidine rings is 1. The predicted molar refractivity (Wildman–Crippen MR) is 93.4 cm³/mol. The van der Waals surface area contributed by atoms with Gasteiger partial charge in [0.15, 0.2) is 5.69 Å². The van der Waals surface area contributed by atoms with Crippen LogP contribution in [0.3, 0.4) is 0 Å². The Morgan fingerprint density at radius 2 is 2.00 bits per heavy atom. The van der Waals surface area contributed by atoms with Crippen molar-refractivity contribution >= 4 is 5.91 Å². The van der Waals surface area contributed by atoms with E-state index in [2.05, 4.69) is 15.1 Å². The van der Waals surface area contributed by atoms with E-state index < -0.39 is 0 Å². The highest BCUT2D eigenvalue weighted by Crippen LogP contribution is 2.22. The highest BCUT2D eigenvalue weighted by molar-refractivity contribution is 5.92. The normalized spacial score (nSPS) is 17.5. The zero-order valence-electron chi connectivity index (χ0n) is 15.1. The van der Waals surface area contributed by atoms with Crippen LogP contribution in [0.5, 0.6) is 11.8 Å². The molecule has 8 heteroatoms. The molecule has 4 heterocycles. The molecule has 0 saturated carbocycles. The van der Waals surface area contributed by atoms with Gasteiger partial charge >= 0.3 is 0 Å². The van der Waals surface area contributed by atoms with Crippen LogP contribution in [-0.2, 0) is 6.54 Å². The maximum atomic E-state index is 12.7. The number of aromatic nitrogens is 4. The number of likely N-dealkylation sites (tertiary alicyclic amines) is 1. The van der Waals surface area contributed by atoms with Crippen molar-refractivity contribution in [3.8, 4) is 11.8 Å². The highest BCUT2D eigenvalue weighted by Gasteiger charge is 2.27. The summed E-state index contributed by atoms with van der Waals surface area (Å²) in [6.07, 6.45) is 2.54. The van der Waals surface area contributed by atoms with Gasteiger partial charge in [-0.2, -0.15) is 10.1 Å². The van der Waals surface area contributed by atoms with Gasteiger partial charge in [-0.1, -0.05) is 0 Å². The van der Waals surface area contributed by atoms with E-state index in [-0.39, 0.29) is 12.0 Å². The highest BCUT2D eigenvalue weighted by atomic mass is 16.5. The average Bonchev–Trinajstić information content (AvgIpc) is 3.05. The van der Waals surface area contributed by atoms with Crippen molar-refractivity contribution in [1.29, 1.82) is 0 Å². The quantitative estimate of drug-likeness (QED) is 0.832. The molecule has 0 aromatic carbocycles. The molecule has 0 radical (unpaired) electrons. The van der Waals surface area contributed by atoms with E-state index in [1.54, 1.807) is 10.7 Å². The molecule has 2 aromatic rings. The topological polar surface area (TPSA) is 82.4 Å². The minimum absolute atomic E-state index is 0.0392. The number of ether oxygens (including phenoxy) is 2. The lowest BCUT2D eigenvalue weighted by atomic mass is 10.1. The molecule has 1 saturated heterocycles. The zero-order chi connectivity index (χ0) is 18.1. The Labute approximate surface area is 152 Å². The molecule has 4 rings (SSSR count). The summed E-state index contributed by atoms with van der Waals surface area (Å²) < 4.78 is 13.3. The number of hydrogen-bond acceptors (Lipinski definition) is 6. The summed E-state index contributed by atoms with van der Waals surface area (Å²) in [7, 11) is 0. The Kier molecular flexibility index (Phi) is 4.48. The van der Waals surface area contributed by atoms with Crippen LogP contribution < -0.4 is 9.47 Å². The second-order valence-electron chi connectivity index (χ2n) is 6.80. The van der Waals surface area contributed by atoms with Crippen LogP contribution in [0.1, 0.15) is 41.3 Å². The van der Waals surface area contributed by atoms with Crippen LogP contribution in [0, 0.1) is 13.8 Å². The third-order valence-corrected chi connectivity index (χ3v) is 4.69. The molecule has 138 valence electrons. The number of fused-ring (bicyclic) bond motifs is 1. The Morgan fingerprint density at radius 1 is 1.19 bits per heavy atom. The SMILES string of the molecule is Cc1cc(OC2CCN(C(=O)c3cc4n(n3)CCCO4)CC2)nc(C)n1. The van der Waals surface area contributed by atoms with Gasteiger partial charge in [0.05, 0.1) is 6.61 Å². The fraction of sp³-hybridized carbons (Fsp3) is 0.556. The number of amides is 1. The Morgan fingerprint density at radius 3 is 2.73 bits per heavy atom. The predicted octanol–water partition coefficient (Wildman–Crippen LogP) is 1.76. The van der Waals surface area contributed by atoms with E-state index in [0.717, 1.165) is 31.5 Å². The van der Waals surface area contributed by atoms with Gasteiger partial charge in [-0.05, 0) is 13.8 Å². The van der Waals surface area contributed by atoms with Crippen molar-refractivity contribution in [2.24, 2.45) is 0 Å². The molecule has 0 aliphatic carbocycles. The van der Waals surface area contributed by atoms with Gasteiger partial charge in [0, 0.05) is 56.7 Å². The van der Waals surface area contributed by atoms with Crippen LogP contribution >= 0.6 is 0 Å². The van der Waals surface area contributed by atoms with E-state index in [0.29, 0.717) is 43.0 Å². The van der Waals surface area contributed by atoms with E-state index in [9.17, 15) is 4.79 Å². The fourth-order valence-electron chi connectivity index (χ4n) is 3.42. The third-order valence-electron chi connectivity index (χ3n) is 4.69. The molecular weight excluding hydrogens is 334 g/mol. The van der Waals surface area contributed by atoms with Crippen LogP contribution in [0.4, 0.5) is 0 Å². The summed E-state index contributed by atoms with van der Waals surface area (Å²) in [5.41, 5.74) is 1.36. The number of hydrogen-bond donors (Lipinski definition) is 0. The molecule has 0 spiro atoms. The Bertz CT molecular complexity index is 767. The van der Waals surface area contributed by atoms with Gasteiger partial charge in [0.1, 0.15) is 11.9 Å². The summed E-state index contributed by atoms with van der Waals surface area (Å²) in [5.74, 6) is 1.97. The average molecular weight is 357 g/mol. The Hall–Kier alpha value is -2.64. The number of carbonyl (C=O) groups excluding carboxylic acids is 1. The number of nitrogens with zero attached hydrogens (tertiary/aromatic N) is 5. The first-order valence-corrected chi connectivity index (χ1v) is 9.07. The van der Waals surface area contributed by atoms with E-state index >= 15 is 0 Å². The molecule has 1 amide bonds. The largest absolute Gasteiger partial charge is 0.478 e. The zero-order valence-corrected chi connectivity index (χ0v) is 15.1. The van der Waals surface area contributed by atoms with E-state index in [1.807, 2.05) is 24.8 Å². The molecule has 0 N–H and O–H groups in total. The van der Waals surface area contributed by atoms with Crippen molar-refractivity contribution in [2.75, 3.05) is 19.7 Å². The van der Waals surface area contributed by atoms with Gasteiger partial charge in [-0.3, -0.25) is 4.79 Å². The second kappa shape index (κ2) is 6.93. The molecular formula is C18H23N5O3. The molecule has 26 heavy (non-hydrogen) atoms. The van der Waals surface area contributed by atoms with Crippen molar-refractivity contribution in [3.63, 3.8) is 0 Å². The summed E-state index contributed by atoms with van der Waals surface area (Å²) in [5, 5.41) is 4.38. The summed E-state index contributed by atoms with van der Waals surface area (Å²) in [6, 6.07) is 3.59. The fourth-order valence-corrected chi connectivity index (χ4v) is 3.42. The maximum Gasteiger partial charge on any atom is 0.274 e. The van der Waals surface area contributed by atoms with Gasteiger partial charge in [0.25, 0.3) is 5.91 Å². The molecule has 0 unspecified atom stereocenters. The summed E-state index contributed by atoms with van der Waals surface area (Å²) in [6.45, 7) is 6.57. The molecule has 0 atom stereocenters. The molecule has 0 bridgehead atoms. The van der Waals surface area contributed by atoms with Crippen molar-refractivity contribution in [3.05, 3.63) is 29.3 Å². The van der Waals surface area contributed by atoms with Gasteiger partial charge in [-0.15, -0.1) is 0 Å². The van der Waals surface area contributed by atoms with E-state index in [4.69, 9.17) is 9.47 Å². The number of aryl methyl sites for hydroxylation is 3. The van der Waals surface area contributed by atoms with Crippen molar-refractivity contribution < 1.29 is 14.3 Å². The minimum atomic E-state index is -0.0392. The van der Waals surface area contributed by atoms with E-state index in [1.165, 1.54) is 0 Å². The molecule has 2 aliphatic rings. The molecule has 2 aliphatic heterocycles. The lowest BCUT2D eigenvalue weighted by Gasteiger charge is -2.31. The lowest BCUT2D eigenvalue weighted by Crippen LogP contribution is -2.42. The van der Waals surface area contributed by atoms with Crippen LogP contribution in [0.2, 0.25) is 0 Å². The Balaban J connectivity index is 1.35. The summed E-state index contributed by atoms with van der Waals surface area (Å²) >= 11 is 0. The van der Waals surface area contributed by atoms with Crippen LogP contribution in [-0.4, -0.2) is 56.4 Å². The molecule has 2 aromatic heterocycles. The standard InChI is InChI=1S/C18H23N5O3/c1-12-10-16(20-13(2)19-12)26-14-4-7-22(8-5-14)18(24)15-11-17-23(21-15)6-3-9-25-17/h10-11,14H,3-9H2,1-2H3. The monoisotopic (exact) mass is 357 g/mol. The van der Waals surface area contributed by atoms with Gasteiger partial charge in [0.2, 0.25) is 11.8 Å². The lowest BCUT2D eigenvalue weighted by molar-refractivity contribution is 0.0581. The number of rotatable bonds is 3. The van der Waals surface area contributed by atoms with Crippen molar-refractivity contribution in [1.82, 2.24) is 24.6 Å². The maximum absolute atomic E-state index is 12.7. The first-order valence-electron chi connectivity index (χ1n) is 9.07. The van der Waals surface area contributed by atoms with Crippen LogP contribution in [0.15, 0.2) is 12.1 Å². The van der Waals surface area contributed by atoms with Gasteiger partial charge < -0.3 is 14.4 Å². The first kappa shape index (κ1) is 16.8. The molecule has 1 fully saturated rings. The second-order valence-corrected chi connectivity index (χ2v) is 6.80. The molecule has 8 nitrogen and oxygen atoms in total. The van der Waals surface area contributed by atoms with Crippen LogP contribution in [0.25, 0.3) is 0 Å². The van der Waals surface area contributed by atoms with Gasteiger partial charge in [-0.25, -0.2) is 9.67 Å². The van der Waals surface area contributed by atoms with Crippen molar-refractivity contribution in [2.45, 2.75) is 45.8 Å². The first-order chi connectivity index (χ1) is 12.6. The minimum Gasteiger partial charge on any atom is -0.478 e. The third kappa shape index (κ3) is 3.49.